The smallest absolute Gasteiger partial charge is 0.421 e. The van der Waals surface area contributed by atoms with Crippen molar-refractivity contribution in [1.29, 1.82) is 15.8 Å². The summed E-state index contributed by atoms with van der Waals surface area (Å²) < 4.78 is 96.5. The number of carbonyl (C=O) groups is 3. The Bertz CT molecular complexity index is 5620. The molecular formula is C93H103F4N21O8. The van der Waals surface area contributed by atoms with Gasteiger partial charge in [-0.1, -0.05) is 80.4 Å². The summed E-state index contributed by atoms with van der Waals surface area (Å²) in [6.45, 7) is 18.4. The molecule has 12 heterocycles. The first-order valence-electron chi connectivity index (χ1n) is 43.4. The first-order chi connectivity index (χ1) is 61.2. The molecule has 8 atom stereocenters. The molecule has 8 aromatic rings. The van der Waals surface area contributed by atoms with E-state index in [0.29, 0.717) is 114 Å². The van der Waals surface area contributed by atoms with Crippen molar-refractivity contribution in [2.24, 2.45) is 0 Å². The molecule has 0 N–H and O–H groups in total. The quantitative estimate of drug-likeness (QED) is 0.0425. The third-order valence-corrected chi connectivity index (χ3v) is 26.8. The molecule has 0 bridgehead atoms. The highest BCUT2D eigenvalue weighted by molar-refractivity contribution is 5.96. The van der Waals surface area contributed by atoms with E-state index < -0.39 is 41.7 Å². The minimum absolute atomic E-state index is 0.00948. The van der Waals surface area contributed by atoms with Gasteiger partial charge < -0.3 is 72.7 Å². The molecule has 5 aromatic carbocycles. The molecule has 17 rings (SSSR count). The Morgan fingerprint density at radius 2 is 0.873 bits per heavy atom. The van der Waals surface area contributed by atoms with Gasteiger partial charge in [-0.2, -0.15) is 58.9 Å². The fourth-order valence-corrected chi connectivity index (χ4v) is 19.9. The Morgan fingerprint density at radius 1 is 0.468 bits per heavy atom. The number of piperazine rings is 3. The highest BCUT2D eigenvalue weighted by atomic mass is 19.4. The third-order valence-electron chi connectivity index (χ3n) is 26.8. The second-order valence-electron chi connectivity index (χ2n) is 34.0. The van der Waals surface area contributed by atoms with E-state index in [9.17, 15) is 30.2 Å². The average molecular weight is 1720 g/mol. The van der Waals surface area contributed by atoms with Gasteiger partial charge >= 0.3 is 24.2 Å². The summed E-state index contributed by atoms with van der Waals surface area (Å²) in [5.74, 6) is -0.401. The number of carbonyl (C=O) groups excluding carboxylic acids is 3. The Morgan fingerprint density at radius 3 is 1.31 bits per heavy atom. The normalized spacial score (nSPS) is 22.6. The number of likely N-dealkylation sites (tertiary alicyclic amines) is 1. The lowest BCUT2D eigenvalue weighted by Gasteiger charge is -2.42. The van der Waals surface area contributed by atoms with Crippen molar-refractivity contribution in [2.45, 2.75) is 126 Å². The van der Waals surface area contributed by atoms with E-state index in [0.717, 1.165) is 93.1 Å². The fraction of sp³-hybridized carbons (Fsp3) is 0.462. The van der Waals surface area contributed by atoms with Crippen LogP contribution in [0, 0.1) is 39.8 Å². The van der Waals surface area contributed by atoms with E-state index in [-0.39, 0.29) is 163 Å². The molecule has 0 spiro atoms. The second kappa shape index (κ2) is 37.1. The molecule has 6 saturated heterocycles. The van der Waals surface area contributed by atoms with Crippen LogP contribution in [-0.2, 0) is 68.9 Å². The third kappa shape index (κ3) is 17.5. The van der Waals surface area contributed by atoms with Crippen molar-refractivity contribution in [3.05, 3.63) is 185 Å². The molecule has 9 aliphatic rings. The molecule has 6 fully saturated rings. The van der Waals surface area contributed by atoms with Gasteiger partial charge in [0.2, 0.25) is 17.7 Å². The van der Waals surface area contributed by atoms with Crippen LogP contribution < -0.4 is 43.6 Å². The highest BCUT2D eigenvalue weighted by Crippen LogP contribution is 2.46. The number of nitrogens with zero attached hydrogens (tertiary/aromatic N) is 21. The van der Waals surface area contributed by atoms with Crippen LogP contribution in [0.4, 0.5) is 52.1 Å². The van der Waals surface area contributed by atoms with Crippen LogP contribution in [-0.4, -0.2) is 266 Å². The highest BCUT2D eigenvalue weighted by Gasteiger charge is 2.45. The van der Waals surface area contributed by atoms with Crippen LogP contribution in [0.2, 0.25) is 0 Å². The topological polar surface area (TPSA) is 285 Å². The van der Waals surface area contributed by atoms with Gasteiger partial charge in [-0.15, -0.1) is 0 Å². The van der Waals surface area contributed by atoms with Crippen molar-refractivity contribution >= 4 is 73.8 Å². The zero-order valence-electron chi connectivity index (χ0n) is 71.2. The predicted octanol–water partition coefficient (Wildman–Crippen LogP) is 9.93. The van der Waals surface area contributed by atoms with Gasteiger partial charge in [0.05, 0.1) is 149 Å². The minimum atomic E-state index is -5.11. The van der Waals surface area contributed by atoms with E-state index in [1.54, 1.807) is 14.7 Å². The summed E-state index contributed by atoms with van der Waals surface area (Å²) >= 11 is 0. The maximum Gasteiger partial charge on any atom is 0.421 e. The lowest BCUT2D eigenvalue weighted by molar-refractivity contribution is -0.139. The zero-order chi connectivity index (χ0) is 87.6. The lowest BCUT2D eigenvalue weighted by atomic mass is 9.96. The van der Waals surface area contributed by atoms with E-state index >= 15 is 17.6 Å². The molecule has 33 heteroatoms. The molecule has 9 aliphatic heterocycles. The van der Waals surface area contributed by atoms with Crippen molar-refractivity contribution in [3.63, 3.8) is 0 Å². The van der Waals surface area contributed by atoms with Gasteiger partial charge in [0.25, 0.3) is 0 Å². The summed E-state index contributed by atoms with van der Waals surface area (Å²) in [7, 11) is 5.91. The maximum absolute atomic E-state index is 16.9. The van der Waals surface area contributed by atoms with Crippen LogP contribution in [0.25, 0.3) is 21.5 Å². The number of alkyl halides is 3. The molecule has 29 nitrogen and oxygen atoms in total. The number of hydrogen-bond acceptors (Lipinski definition) is 26. The predicted molar refractivity (Wildman–Crippen MR) is 466 cm³/mol. The molecule has 126 heavy (non-hydrogen) atoms. The number of rotatable bonds is 23. The SMILES string of the molecule is C=CC(=O)N1CCN(c2nc(OC[C@H]3COCC(c4cc(F)c(C(F)(F)F)c(N5CCc6c(nc(OC[C@H]7CCCN7C)nc6N6CCN(C(=O)C=C)[C@@H](CC#N)C6)C5)c4)N3C)nc3c2CCN(c2cc(C4COC[C@@H](COc5nc6c(c(N7CCN(C(=O)C=C)C(CC#N)C7)n5)CCN(c5cccc7ccccc57)C6)N4C)cc4ccccc24)C3)CC1CC#N. The van der Waals surface area contributed by atoms with Gasteiger partial charge in [-0.3, -0.25) is 24.2 Å². The number of amides is 3. The van der Waals surface area contributed by atoms with E-state index in [2.05, 4.69) is 135 Å². The number of ether oxygens (including phenoxy) is 5. The van der Waals surface area contributed by atoms with Gasteiger partial charge in [0.15, 0.2) is 0 Å². The number of likely N-dealkylation sites (N-methyl/N-ethyl adjacent to an activating group) is 3. The Labute approximate surface area is 729 Å². The van der Waals surface area contributed by atoms with Crippen LogP contribution in [0.15, 0.2) is 129 Å². The van der Waals surface area contributed by atoms with Gasteiger partial charge in [-0.25, -0.2) is 4.39 Å². The monoisotopic (exact) mass is 1720 g/mol. The molecular weight excluding hydrogens is 1620 g/mol. The summed E-state index contributed by atoms with van der Waals surface area (Å²) in [6, 6.07) is 33.8. The molecule has 4 unspecified atom stereocenters. The number of nitriles is 3. The van der Waals surface area contributed by atoms with Crippen molar-refractivity contribution in [3.8, 4) is 36.2 Å². The van der Waals surface area contributed by atoms with Crippen molar-refractivity contribution < 1.29 is 55.6 Å². The molecule has 3 aromatic heterocycles. The summed E-state index contributed by atoms with van der Waals surface area (Å²) in [5.41, 5.74) is 6.07. The zero-order valence-corrected chi connectivity index (χ0v) is 71.2. The summed E-state index contributed by atoms with van der Waals surface area (Å²) in [6.07, 6.45) is 2.15. The summed E-state index contributed by atoms with van der Waals surface area (Å²) in [5, 5.41) is 34.3. The van der Waals surface area contributed by atoms with Crippen LogP contribution in [0.5, 0.6) is 18.0 Å². The summed E-state index contributed by atoms with van der Waals surface area (Å²) in [4.78, 5) is 94.0. The number of halogens is 4. The van der Waals surface area contributed by atoms with Crippen LogP contribution in [0.1, 0.15) is 94.7 Å². The first kappa shape index (κ1) is 85.8. The Balaban J connectivity index is 0.634. The van der Waals surface area contributed by atoms with Gasteiger partial charge in [0, 0.05) is 123 Å². The largest absolute Gasteiger partial charge is 0.462 e. The number of benzene rings is 5. The maximum atomic E-state index is 16.9. The number of morpholine rings is 2. The lowest BCUT2D eigenvalue weighted by Crippen LogP contribution is -2.55. The molecule has 0 saturated carbocycles. The van der Waals surface area contributed by atoms with Gasteiger partial charge in [0.1, 0.15) is 48.7 Å². The number of fused-ring (bicyclic) bond motifs is 5. The second-order valence-corrected chi connectivity index (χ2v) is 34.0. The molecule has 3 amide bonds. The van der Waals surface area contributed by atoms with Gasteiger partial charge in [-0.05, 0) is 130 Å². The molecule has 656 valence electrons. The van der Waals surface area contributed by atoms with Crippen molar-refractivity contribution in [1.82, 2.24) is 59.3 Å². The van der Waals surface area contributed by atoms with Crippen molar-refractivity contribution in [2.75, 3.05) is 182 Å². The Kier molecular flexibility index (Phi) is 25.3. The standard InChI is InChI=1S/C93H103F4N21O8/c1-7-83(119)116-39-36-113(46-63(116)23-29-98)87-71-26-33-110(78-22-14-18-59-16-10-12-20-69(59)78)49-75(71)101-91(105-87)125-55-67-52-122-57-81(108(67)5)61-42-60-17-11-13-21-70(60)79(44-61)111-34-27-72-76(50-111)102-92(106-88(72)114-37-40-117(84(120)8-2)64(47-114)24-30-99)126-56-68-53-123-58-82(109(68)6)62-43-74(94)86(93(95,96)97)80(45-62)112-35-28-73-77(51-112)103-90(124-54-66-19-15-32-107(66)4)104-89(73)115-38-41-118(85(121)9-3)65(48-115)25-31-100/h7-14,16-18,20-22,42-45,63-68,81-82H,1-3,15,19,23-28,32-41,46-58H2,4-6H3/t63?,64?,65-,66+,67-,68+,81?,82?/m0/s1. The minimum Gasteiger partial charge on any atom is -0.462 e. The van der Waals surface area contributed by atoms with E-state index in [1.807, 2.05) is 42.1 Å². The van der Waals surface area contributed by atoms with Crippen LogP contribution in [0.3, 0.4) is 0 Å². The first-order valence-corrected chi connectivity index (χ1v) is 43.4. The fourth-order valence-electron chi connectivity index (χ4n) is 19.9. The van der Waals surface area contributed by atoms with E-state index in [1.165, 1.54) is 29.2 Å². The van der Waals surface area contributed by atoms with E-state index in [4.69, 9.17) is 53.6 Å². The number of aromatic nitrogens is 6. The number of anilines is 6. The molecule has 0 radical (unpaired) electrons. The number of hydrogen-bond donors (Lipinski definition) is 0. The van der Waals surface area contributed by atoms with Crippen LogP contribution >= 0.6 is 0 Å². The molecule has 0 aliphatic carbocycles. The average Bonchev–Trinajstić information content (AvgIpc) is 0.943. The Hall–Kier alpha value is -12.3.